The first-order valence-electron chi connectivity index (χ1n) is 6.28. The van der Waals surface area contributed by atoms with Crippen molar-refractivity contribution in [2.45, 2.75) is 32.3 Å². The van der Waals surface area contributed by atoms with Gasteiger partial charge >= 0.3 is 0 Å². The third-order valence-corrected chi connectivity index (χ3v) is 3.80. The molecule has 2 N–H and O–H groups in total. The van der Waals surface area contributed by atoms with E-state index in [-0.39, 0.29) is 16.9 Å². The van der Waals surface area contributed by atoms with E-state index in [0.717, 1.165) is 0 Å². The highest BCUT2D eigenvalue weighted by Gasteiger charge is 2.30. The van der Waals surface area contributed by atoms with Crippen LogP contribution in [0.25, 0.3) is 10.9 Å². The molecule has 0 aliphatic heterocycles. The number of aromatic hydroxyl groups is 1. The lowest BCUT2D eigenvalue weighted by Gasteiger charge is -2.27. The van der Waals surface area contributed by atoms with Crippen LogP contribution in [0.1, 0.15) is 32.3 Å². The van der Waals surface area contributed by atoms with Crippen LogP contribution in [0, 0.1) is 0 Å². The smallest absolute Gasteiger partial charge is 0.258 e. The second-order valence-corrected chi connectivity index (χ2v) is 5.52. The molecule has 0 aliphatic carbocycles. The topological polar surface area (TPSA) is 62.5 Å². The number of rotatable bonds is 2. The normalized spacial score (nSPS) is 13.7. The maximum Gasteiger partial charge on any atom is 0.258 e. The minimum atomic E-state index is -1.08. The van der Waals surface area contributed by atoms with Gasteiger partial charge in [-0.3, -0.25) is 4.79 Å². The fourth-order valence-electron chi connectivity index (χ4n) is 2.25. The maximum atomic E-state index is 12.4. The number of fused-ring (bicyclic) bond motifs is 1. The second-order valence-electron chi connectivity index (χ2n) is 5.52. The number of hydrogen-bond acceptors (Lipinski definition) is 3. The molecule has 1 aromatic carbocycles. The molecule has 0 saturated heterocycles. The molecule has 1 atom stereocenters. The van der Waals surface area contributed by atoms with E-state index in [1.165, 1.54) is 4.57 Å². The van der Waals surface area contributed by atoms with Gasteiger partial charge in [0.2, 0.25) is 0 Å². The number of aliphatic hydroxyl groups is 1. The summed E-state index contributed by atoms with van der Waals surface area (Å²) < 4.78 is 1.51. The highest BCUT2D eigenvalue weighted by molar-refractivity contribution is 5.86. The maximum absolute atomic E-state index is 12.4. The molecule has 0 saturated carbocycles. The summed E-state index contributed by atoms with van der Waals surface area (Å²) in [5, 5.41) is 21.1. The Morgan fingerprint density at radius 1 is 1.26 bits per heavy atom. The Bertz CT molecular complexity index is 680. The summed E-state index contributed by atoms with van der Waals surface area (Å²) in [6.45, 7) is 5.00. The van der Waals surface area contributed by atoms with Gasteiger partial charge in [-0.25, -0.2) is 0 Å². The Balaban J connectivity index is 2.87. The summed E-state index contributed by atoms with van der Waals surface area (Å²) in [7, 11) is 1.67. The van der Waals surface area contributed by atoms with Crippen LogP contribution < -0.4 is 5.56 Å². The first-order chi connectivity index (χ1) is 8.75. The summed E-state index contributed by atoms with van der Waals surface area (Å²) in [5.41, 5.74) is -0.414. The standard InChI is InChI=1S/C15H19NO3/c1-9(15(2,3)19)12-13(17)10-7-5-6-8-11(10)16(4)14(12)18/h5-9,17,19H,1-4H3. The first kappa shape index (κ1) is 13.6. The van der Waals surface area contributed by atoms with Gasteiger partial charge in [0, 0.05) is 18.4 Å². The predicted octanol–water partition coefficient (Wildman–Crippen LogP) is 2.12. The minimum Gasteiger partial charge on any atom is -0.507 e. The van der Waals surface area contributed by atoms with Crippen molar-refractivity contribution in [3.63, 3.8) is 0 Å². The lowest BCUT2D eigenvalue weighted by Crippen LogP contribution is -2.33. The summed E-state index contributed by atoms with van der Waals surface area (Å²) in [5.74, 6) is -0.496. The number of para-hydroxylation sites is 1. The van der Waals surface area contributed by atoms with E-state index in [4.69, 9.17) is 0 Å². The molecule has 19 heavy (non-hydrogen) atoms. The van der Waals surface area contributed by atoms with Crippen LogP contribution >= 0.6 is 0 Å². The van der Waals surface area contributed by atoms with Crippen molar-refractivity contribution in [1.29, 1.82) is 0 Å². The molecule has 4 heteroatoms. The third-order valence-electron chi connectivity index (χ3n) is 3.80. The molecule has 102 valence electrons. The quantitative estimate of drug-likeness (QED) is 0.870. The van der Waals surface area contributed by atoms with E-state index < -0.39 is 11.5 Å². The van der Waals surface area contributed by atoms with Crippen molar-refractivity contribution in [2.75, 3.05) is 0 Å². The van der Waals surface area contributed by atoms with E-state index >= 15 is 0 Å². The molecule has 0 amide bonds. The molecule has 0 spiro atoms. The molecule has 1 aromatic heterocycles. The van der Waals surface area contributed by atoms with E-state index in [9.17, 15) is 15.0 Å². The van der Waals surface area contributed by atoms with Crippen molar-refractivity contribution < 1.29 is 10.2 Å². The number of benzene rings is 1. The van der Waals surface area contributed by atoms with Crippen LogP contribution in [0.5, 0.6) is 5.75 Å². The van der Waals surface area contributed by atoms with E-state index in [0.29, 0.717) is 10.9 Å². The molecule has 2 rings (SSSR count). The van der Waals surface area contributed by atoms with E-state index in [2.05, 4.69) is 0 Å². The highest BCUT2D eigenvalue weighted by atomic mass is 16.3. The Morgan fingerprint density at radius 3 is 2.42 bits per heavy atom. The Hall–Kier alpha value is -1.81. The van der Waals surface area contributed by atoms with Crippen molar-refractivity contribution >= 4 is 10.9 Å². The number of hydrogen-bond donors (Lipinski definition) is 2. The van der Waals surface area contributed by atoms with Crippen molar-refractivity contribution in [1.82, 2.24) is 4.57 Å². The average Bonchev–Trinajstić information content (AvgIpc) is 2.35. The molecule has 0 aliphatic rings. The van der Waals surface area contributed by atoms with Crippen molar-refractivity contribution in [2.24, 2.45) is 7.05 Å². The zero-order valence-electron chi connectivity index (χ0n) is 11.6. The number of aromatic nitrogens is 1. The molecule has 2 aromatic rings. The molecule has 0 fully saturated rings. The van der Waals surface area contributed by atoms with Gasteiger partial charge in [0.1, 0.15) is 5.75 Å². The Morgan fingerprint density at radius 2 is 1.84 bits per heavy atom. The van der Waals surface area contributed by atoms with Gasteiger partial charge in [-0.2, -0.15) is 0 Å². The molecule has 0 bridgehead atoms. The molecular formula is C15H19NO3. The number of nitrogens with zero attached hydrogens (tertiary/aromatic N) is 1. The molecular weight excluding hydrogens is 242 g/mol. The lowest BCUT2D eigenvalue weighted by molar-refractivity contribution is 0.0545. The first-order valence-corrected chi connectivity index (χ1v) is 6.28. The molecule has 1 unspecified atom stereocenters. The molecule has 4 nitrogen and oxygen atoms in total. The molecule has 1 heterocycles. The highest BCUT2D eigenvalue weighted by Crippen LogP contribution is 2.35. The van der Waals surface area contributed by atoms with Crippen LogP contribution in [0.2, 0.25) is 0 Å². The van der Waals surface area contributed by atoms with Crippen LogP contribution in [-0.4, -0.2) is 20.4 Å². The van der Waals surface area contributed by atoms with Gasteiger partial charge < -0.3 is 14.8 Å². The van der Waals surface area contributed by atoms with Crippen LogP contribution in [0.4, 0.5) is 0 Å². The van der Waals surface area contributed by atoms with Gasteiger partial charge in [-0.15, -0.1) is 0 Å². The fourth-order valence-corrected chi connectivity index (χ4v) is 2.25. The minimum absolute atomic E-state index is 0.0340. The fraction of sp³-hybridized carbons (Fsp3) is 0.400. The zero-order valence-corrected chi connectivity index (χ0v) is 11.6. The summed E-state index contributed by atoms with van der Waals surface area (Å²) in [4.78, 5) is 12.4. The van der Waals surface area contributed by atoms with Crippen LogP contribution in [-0.2, 0) is 7.05 Å². The third kappa shape index (κ3) is 2.12. The zero-order chi connectivity index (χ0) is 14.4. The largest absolute Gasteiger partial charge is 0.507 e. The summed E-state index contributed by atoms with van der Waals surface area (Å²) >= 11 is 0. The Labute approximate surface area is 111 Å². The SMILES string of the molecule is CC(c1c(O)c2ccccc2n(C)c1=O)C(C)(C)O. The van der Waals surface area contributed by atoms with Crippen molar-refractivity contribution in [3.05, 3.63) is 40.2 Å². The summed E-state index contributed by atoms with van der Waals surface area (Å²) in [6, 6.07) is 7.19. The van der Waals surface area contributed by atoms with Crippen molar-refractivity contribution in [3.8, 4) is 5.75 Å². The van der Waals surface area contributed by atoms with Crippen LogP contribution in [0.15, 0.2) is 29.1 Å². The monoisotopic (exact) mass is 261 g/mol. The van der Waals surface area contributed by atoms with Crippen LogP contribution in [0.3, 0.4) is 0 Å². The second kappa shape index (κ2) is 4.38. The lowest BCUT2D eigenvalue weighted by atomic mass is 9.86. The molecule has 0 radical (unpaired) electrons. The van der Waals surface area contributed by atoms with E-state index in [1.54, 1.807) is 40.0 Å². The predicted molar refractivity (Wildman–Crippen MR) is 75.6 cm³/mol. The average molecular weight is 261 g/mol. The Kier molecular flexibility index (Phi) is 3.14. The van der Waals surface area contributed by atoms with E-state index in [1.807, 2.05) is 12.1 Å². The van der Waals surface area contributed by atoms with Gasteiger partial charge in [-0.1, -0.05) is 19.1 Å². The van der Waals surface area contributed by atoms with Gasteiger partial charge in [0.05, 0.1) is 16.7 Å². The van der Waals surface area contributed by atoms with Gasteiger partial charge in [0.25, 0.3) is 5.56 Å². The number of pyridine rings is 1. The summed E-state index contributed by atoms with van der Waals surface area (Å²) in [6.07, 6.45) is 0. The van der Waals surface area contributed by atoms with Gasteiger partial charge in [-0.05, 0) is 26.0 Å². The van der Waals surface area contributed by atoms with Gasteiger partial charge in [0.15, 0.2) is 0 Å². The number of aryl methyl sites for hydroxylation is 1.